The molecule has 0 unspecified atom stereocenters. The number of hydrogen-bond acceptors (Lipinski definition) is 3. The van der Waals surface area contributed by atoms with Gasteiger partial charge in [0.25, 0.3) is 0 Å². The predicted molar refractivity (Wildman–Crippen MR) is 53.2 cm³/mol. The average Bonchev–Trinajstić information content (AvgIpc) is 2.05. The normalized spacial score (nSPS) is 12.8. The third-order valence-corrected chi connectivity index (χ3v) is 4.21. The van der Waals surface area contributed by atoms with E-state index in [4.69, 9.17) is 4.74 Å². The van der Waals surface area contributed by atoms with Gasteiger partial charge in [-0.15, -0.1) is 0 Å². The van der Waals surface area contributed by atoms with Gasteiger partial charge in [0.2, 0.25) is 10.0 Å². The fourth-order valence-electron chi connectivity index (χ4n) is 0.957. The number of methoxy groups -OCH3 is 1. The number of hydrogen-bond donors (Lipinski definition) is 0. The molecule has 80 valence electrons. The van der Waals surface area contributed by atoms with Gasteiger partial charge in [-0.3, -0.25) is 0 Å². The van der Waals surface area contributed by atoms with Crippen LogP contribution in [0, 0.1) is 0 Å². The van der Waals surface area contributed by atoms with Crippen molar-refractivity contribution in [3.63, 3.8) is 0 Å². The van der Waals surface area contributed by atoms with Crippen LogP contribution in [-0.4, -0.2) is 44.8 Å². The van der Waals surface area contributed by atoms with E-state index < -0.39 is 10.0 Å². The zero-order valence-electron chi connectivity index (χ0n) is 8.78. The molecule has 0 aromatic heterocycles. The van der Waals surface area contributed by atoms with Crippen molar-refractivity contribution in [2.45, 2.75) is 26.0 Å². The lowest BCUT2D eigenvalue weighted by Gasteiger charge is -2.22. The molecule has 0 radical (unpaired) electrons. The first-order valence-corrected chi connectivity index (χ1v) is 5.95. The van der Waals surface area contributed by atoms with Gasteiger partial charge in [-0.1, -0.05) is 6.92 Å². The standard InChI is InChI=1S/C8H19NO3S/c1-5-9(6-7-12-4)13(10,11)8(2)3/h8H,5-7H2,1-4H3. The van der Waals surface area contributed by atoms with E-state index >= 15 is 0 Å². The fraction of sp³-hybridized carbons (Fsp3) is 1.00. The molecule has 0 spiro atoms. The highest BCUT2D eigenvalue weighted by atomic mass is 32.2. The smallest absolute Gasteiger partial charge is 0.216 e. The van der Waals surface area contributed by atoms with E-state index in [2.05, 4.69) is 0 Å². The number of rotatable bonds is 6. The van der Waals surface area contributed by atoms with Crippen molar-refractivity contribution in [3.05, 3.63) is 0 Å². The van der Waals surface area contributed by atoms with Gasteiger partial charge in [0, 0.05) is 20.2 Å². The van der Waals surface area contributed by atoms with Gasteiger partial charge in [-0.2, -0.15) is 4.31 Å². The molecule has 5 heteroatoms. The van der Waals surface area contributed by atoms with Crippen LogP contribution in [0.1, 0.15) is 20.8 Å². The monoisotopic (exact) mass is 209 g/mol. The van der Waals surface area contributed by atoms with Crippen molar-refractivity contribution in [2.24, 2.45) is 0 Å². The molecule has 0 aromatic carbocycles. The third-order valence-electron chi connectivity index (χ3n) is 1.85. The van der Waals surface area contributed by atoms with Gasteiger partial charge in [-0.25, -0.2) is 8.42 Å². The van der Waals surface area contributed by atoms with Gasteiger partial charge in [0.15, 0.2) is 0 Å². The molecule has 0 N–H and O–H groups in total. The van der Waals surface area contributed by atoms with E-state index in [0.717, 1.165) is 0 Å². The Morgan fingerprint density at radius 1 is 1.38 bits per heavy atom. The Morgan fingerprint density at radius 2 is 1.92 bits per heavy atom. The van der Waals surface area contributed by atoms with Crippen molar-refractivity contribution in [3.8, 4) is 0 Å². The maximum absolute atomic E-state index is 11.6. The molecular weight excluding hydrogens is 190 g/mol. The van der Waals surface area contributed by atoms with Gasteiger partial charge in [-0.05, 0) is 13.8 Å². The summed E-state index contributed by atoms with van der Waals surface area (Å²) in [6.07, 6.45) is 0. The summed E-state index contributed by atoms with van der Waals surface area (Å²) in [6, 6.07) is 0. The molecule has 0 aliphatic rings. The molecule has 13 heavy (non-hydrogen) atoms. The van der Waals surface area contributed by atoms with Crippen LogP contribution in [0.3, 0.4) is 0 Å². The topological polar surface area (TPSA) is 46.6 Å². The molecule has 0 rings (SSSR count). The Kier molecular flexibility index (Phi) is 5.51. The van der Waals surface area contributed by atoms with E-state index in [1.807, 2.05) is 6.92 Å². The second kappa shape index (κ2) is 5.57. The third kappa shape index (κ3) is 3.62. The molecule has 0 heterocycles. The minimum atomic E-state index is -3.11. The summed E-state index contributed by atoms with van der Waals surface area (Å²) in [7, 11) is -1.54. The van der Waals surface area contributed by atoms with Crippen LogP contribution < -0.4 is 0 Å². The van der Waals surface area contributed by atoms with Crippen molar-refractivity contribution in [1.82, 2.24) is 4.31 Å². The highest BCUT2D eigenvalue weighted by Gasteiger charge is 2.23. The quantitative estimate of drug-likeness (QED) is 0.646. The van der Waals surface area contributed by atoms with Crippen LogP contribution in [0.15, 0.2) is 0 Å². The number of likely N-dealkylation sites (N-methyl/N-ethyl adjacent to an activating group) is 1. The van der Waals surface area contributed by atoms with Crippen molar-refractivity contribution >= 4 is 10.0 Å². The van der Waals surface area contributed by atoms with E-state index in [-0.39, 0.29) is 5.25 Å². The van der Waals surface area contributed by atoms with E-state index in [1.165, 1.54) is 4.31 Å². The van der Waals surface area contributed by atoms with Crippen LogP contribution in [0.25, 0.3) is 0 Å². The predicted octanol–water partition coefficient (Wildman–Crippen LogP) is 0.693. The van der Waals surface area contributed by atoms with E-state index in [1.54, 1.807) is 21.0 Å². The number of sulfonamides is 1. The van der Waals surface area contributed by atoms with Crippen molar-refractivity contribution in [1.29, 1.82) is 0 Å². The van der Waals surface area contributed by atoms with E-state index in [9.17, 15) is 8.42 Å². The maximum Gasteiger partial charge on any atom is 0.216 e. The Morgan fingerprint density at radius 3 is 2.23 bits per heavy atom. The largest absolute Gasteiger partial charge is 0.383 e. The first-order valence-electron chi connectivity index (χ1n) is 4.44. The molecule has 4 nitrogen and oxygen atoms in total. The molecule has 0 aromatic rings. The molecule has 0 amide bonds. The van der Waals surface area contributed by atoms with Gasteiger partial charge < -0.3 is 4.74 Å². The SMILES string of the molecule is CCN(CCOC)S(=O)(=O)C(C)C. The molecule has 0 fully saturated rings. The highest BCUT2D eigenvalue weighted by molar-refractivity contribution is 7.89. The molecule has 0 aliphatic carbocycles. The van der Waals surface area contributed by atoms with Crippen LogP contribution in [-0.2, 0) is 14.8 Å². The van der Waals surface area contributed by atoms with Crippen LogP contribution in [0.4, 0.5) is 0 Å². The Balaban J connectivity index is 4.39. The van der Waals surface area contributed by atoms with Crippen molar-refractivity contribution < 1.29 is 13.2 Å². The molecule has 0 saturated heterocycles. The first kappa shape index (κ1) is 12.9. The first-order chi connectivity index (χ1) is 5.96. The fourth-order valence-corrected chi connectivity index (χ4v) is 2.24. The Labute approximate surface area is 80.9 Å². The number of nitrogens with zero attached hydrogens (tertiary/aromatic N) is 1. The Bertz CT molecular complexity index is 224. The summed E-state index contributed by atoms with van der Waals surface area (Å²) in [5.41, 5.74) is 0. The number of ether oxygens (including phenoxy) is 1. The zero-order valence-corrected chi connectivity index (χ0v) is 9.60. The minimum absolute atomic E-state index is 0.357. The summed E-state index contributed by atoms with van der Waals surface area (Å²) in [5, 5.41) is -0.357. The van der Waals surface area contributed by atoms with Gasteiger partial charge in [0.05, 0.1) is 11.9 Å². The molecule has 0 aliphatic heterocycles. The van der Waals surface area contributed by atoms with Crippen LogP contribution in [0.5, 0.6) is 0 Å². The zero-order chi connectivity index (χ0) is 10.5. The lowest BCUT2D eigenvalue weighted by atomic mass is 10.6. The van der Waals surface area contributed by atoms with Crippen molar-refractivity contribution in [2.75, 3.05) is 26.8 Å². The maximum atomic E-state index is 11.6. The summed E-state index contributed by atoms with van der Waals surface area (Å²) in [6.45, 7) is 6.59. The van der Waals surface area contributed by atoms with Crippen LogP contribution >= 0.6 is 0 Å². The Hall–Kier alpha value is -0.130. The molecular formula is C8H19NO3S. The summed E-state index contributed by atoms with van der Waals surface area (Å²) in [5.74, 6) is 0. The minimum Gasteiger partial charge on any atom is -0.383 e. The van der Waals surface area contributed by atoms with Crippen LogP contribution in [0.2, 0.25) is 0 Å². The van der Waals surface area contributed by atoms with Gasteiger partial charge in [0.1, 0.15) is 0 Å². The summed E-state index contributed by atoms with van der Waals surface area (Å²) in [4.78, 5) is 0. The lowest BCUT2D eigenvalue weighted by molar-refractivity contribution is 0.180. The van der Waals surface area contributed by atoms with E-state index in [0.29, 0.717) is 19.7 Å². The average molecular weight is 209 g/mol. The van der Waals surface area contributed by atoms with Gasteiger partial charge >= 0.3 is 0 Å². The summed E-state index contributed by atoms with van der Waals surface area (Å²) < 4.78 is 29.6. The second-order valence-electron chi connectivity index (χ2n) is 3.08. The molecule has 0 saturated carbocycles. The second-order valence-corrected chi connectivity index (χ2v) is 5.57. The molecule has 0 bridgehead atoms. The lowest BCUT2D eigenvalue weighted by Crippen LogP contribution is -2.38. The highest BCUT2D eigenvalue weighted by Crippen LogP contribution is 2.07. The summed E-state index contributed by atoms with van der Waals surface area (Å²) >= 11 is 0. The molecule has 0 atom stereocenters.